The van der Waals surface area contributed by atoms with Gasteiger partial charge >= 0.3 is 0 Å². The first-order chi connectivity index (χ1) is 9.26. The molecule has 3 heteroatoms. The number of hydrogen-bond acceptors (Lipinski definition) is 2. The van der Waals surface area contributed by atoms with Gasteiger partial charge in [0.15, 0.2) is 0 Å². The molecule has 2 bridgehead atoms. The summed E-state index contributed by atoms with van der Waals surface area (Å²) < 4.78 is 2.19. The number of fused-ring (bicyclic) bond motifs is 2. The van der Waals surface area contributed by atoms with Gasteiger partial charge in [0.2, 0.25) is 0 Å². The summed E-state index contributed by atoms with van der Waals surface area (Å²) in [7, 11) is 0. The van der Waals surface area contributed by atoms with Gasteiger partial charge in [-0.3, -0.25) is 4.68 Å². The van der Waals surface area contributed by atoms with E-state index in [4.69, 9.17) is 0 Å². The SMILES string of the molecule is CCCNC(C)c1cnn(CC2CC3CCC2C3)c1. The Morgan fingerprint density at radius 1 is 1.42 bits per heavy atom. The summed E-state index contributed by atoms with van der Waals surface area (Å²) in [6.45, 7) is 6.66. The van der Waals surface area contributed by atoms with E-state index >= 15 is 0 Å². The standard InChI is InChI=1S/C16H27N3/c1-3-6-17-12(2)16-9-18-19(11-16)10-15-8-13-4-5-14(15)7-13/h9,11-15,17H,3-8,10H2,1-2H3. The predicted octanol–water partition coefficient (Wildman–Crippen LogP) is 3.38. The lowest BCUT2D eigenvalue weighted by atomic mass is 9.89. The van der Waals surface area contributed by atoms with Crippen molar-refractivity contribution in [3.8, 4) is 0 Å². The van der Waals surface area contributed by atoms with Crippen LogP contribution in [0.1, 0.15) is 57.6 Å². The van der Waals surface area contributed by atoms with E-state index in [9.17, 15) is 0 Å². The fourth-order valence-electron chi connectivity index (χ4n) is 4.02. The van der Waals surface area contributed by atoms with Gasteiger partial charge in [-0.25, -0.2) is 0 Å². The van der Waals surface area contributed by atoms with Crippen LogP contribution in [0.5, 0.6) is 0 Å². The lowest BCUT2D eigenvalue weighted by Gasteiger charge is -2.21. The second kappa shape index (κ2) is 5.66. The molecule has 1 aromatic heterocycles. The van der Waals surface area contributed by atoms with Crippen molar-refractivity contribution < 1.29 is 0 Å². The first-order valence-electron chi connectivity index (χ1n) is 8.02. The lowest BCUT2D eigenvalue weighted by molar-refractivity contribution is 0.285. The number of rotatable bonds is 6. The van der Waals surface area contributed by atoms with Gasteiger partial charge < -0.3 is 5.32 Å². The number of aromatic nitrogens is 2. The molecule has 2 aliphatic carbocycles. The number of nitrogens with zero attached hydrogens (tertiary/aromatic N) is 2. The highest BCUT2D eigenvalue weighted by Gasteiger charge is 2.39. The van der Waals surface area contributed by atoms with Crippen molar-refractivity contribution in [1.82, 2.24) is 15.1 Å². The van der Waals surface area contributed by atoms with Crippen LogP contribution in [0, 0.1) is 17.8 Å². The summed E-state index contributed by atoms with van der Waals surface area (Å²) >= 11 is 0. The minimum atomic E-state index is 0.425. The average Bonchev–Trinajstić information content (AvgIpc) is 3.11. The highest BCUT2D eigenvalue weighted by molar-refractivity contribution is 5.09. The Bertz CT molecular complexity index is 412. The van der Waals surface area contributed by atoms with E-state index in [-0.39, 0.29) is 0 Å². The van der Waals surface area contributed by atoms with E-state index in [2.05, 4.69) is 35.1 Å². The largest absolute Gasteiger partial charge is 0.310 e. The third kappa shape index (κ3) is 2.86. The Kier molecular flexibility index (Phi) is 3.92. The van der Waals surface area contributed by atoms with Crippen LogP contribution < -0.4 is 5.32 Å². The Labute approximate surface area is 116 Å². The summed E-state index contributed by atoms with van der Waals surface area (Å²) in [5.41, 5.74) is 1.33. The summed E-state index contributed by atoms with van der Waals surface area (Å²) in [6, 6.07) is 0.425. The van der Waals surface area contributed by atoms with Crippen molar-refractivity contribution in [3.63, 3.8) is 0 Å². The zero-order valence-corrected chi connectivity index (χ0v) is 12.3. The topological polar surface area (TPSA) is 29.9 Å². The van der Waals surface area contributed by atoms with Gasteiger partial charge in [-0.05, 0) is 56.9 Å². The quantitative estimate of drug-likeness (QED) is 0.850. The molecule has 0 spiro atoms. The van der Waals surface area contributed by atoms with Crippen molar-refractivity contribution in [3.05, 3.63) is 18.0 Å². The van der Waals surface area contributed by atoms with Crippen LogP contribution in [-0.4, -0.2) is 16.3 Å². The maximum Gasteiger partial charge on any atom is 0.0537 e. The molecule has 3 nitrogen and oxygen atoms in total. The van der Waals surface area contributed by atoms with Crippen LogP contribution in [0.15, 0.2) is 12.4 Å². The van der Waals surface area contributed by atoms with Gasteiger partial charge in [-0.2, -0.15) is 5.10 Å². The van der Waals surface area contributed by atoms with Crippen molar-refractivity contribution in [2.75, 3.05) is 6.54 Å². The summed E-state index contributed by atoms with van der Waals surface area (Å²) in [4.78, 5) is 0. The Balaban J connectivity index is 1.56. The monoisotopic (exact) mass is 261 g/mol. The minimum Gasteiger partial charge on any atom is -0.310 e. The van der Waals surface area contributed by atoms with Crippen LogP contribution in [0.4, 0.5) is 0 Å². The van der Waals surface area contributed by atoms with E-state index in [1.54, 1.807) is 0 Å². The third-order valence-electron chi connectivity index (χ3n) is 5.16. The first kappa shape index (κ1) is 13.2. The fourth-order valence-corrected chi connectivity index (χ4v) is 4.02. The Morgan fingerprint density at radius 2 is 2.32 bits per heavy atom. The molecule has 0 radical (unpaired) electrons. The molecule has 3 rings (SSSR count). The van der Waals surface area contributed by atoms with Gasteiger partial charge in [0, 0.05) is 24.3 Å². The van der Waals surface area contributed by atoms with Crippen LogP contribution in [0.3, 0.4) is 0 Å². The van der Waals surface area contributed by atoms with Crippen molar-refractivity contribution in [2.45, 2.75) is 58.5 Å². The Morgan fingerprint density at radius 3 is 3.00 bits per heavy atom. The smallest absolute Gasteiger partial charge is 0.0537 e. The molecule has 4 atom stereocenters. The molecule has 19 heavy (non-hydrogen) atoms. The molecule has 0 saturated heterocycles. The Hall–Kier alpha value is -0.830. The zero-order valence-electron chi connectivity index (χ0n) is 12.3. The summed E-state index contributed by atoms with van der Waals surface area (Å²) in [5.74, 6) is 2.92. The fraction of sp³-hybridized carbons (Fsp3) is 0.812. The minimum absolute atomic E-state index is 0.425. The molecular formula is C16H27N3. The van der Waals surface area contributed by atoms with Crippen molar-refractivity contribution >= 4 is 0 Å². The van der Waals surface area contributed by atoms with Crippen LogP contribution in [0.25, 0.3) is 0 Å². The summed E-state index contributed by atoms with van der Waals surface area (Å²) in [5, 5.41) is 8.10. The molecule has 4 unspecified atom stereocenters. The maximum absolute atomic E-state index is 4.57. The van der Waals surface area contributed by atoms with E-state index in [1.165, 1.54) is 37.7 Å². The van der Waals surface area contributed by atoms with Crippen LogP contribution >= 0.6 is 0 Å². The van der Waals surface area contributed by atoms with Gasteiger partial charge in [-0.15, -0.1) is 0 Å². The van der Waals surface area contributed by atoms with E-state index in [0.717, 1.165) is 30.8 Å². The maximum atomic E-state index is 4.57. The van der Waals surface area contributed by atoms with Gasteiger partial charge in [0.1, 0.15) is 0 Å². The molecule has 1 heterocycles. The third-order valence-corrected chi connectivity index (χ3v) is 5.16. The second-order valence-corrected chi connectivity index (χ2v) is 6.61. The van der Waals surface area contributed by atoms with Gasteiger partial charge in [-0.1, -0.05) is 13.3 Å². The second-order valence-electron chi connectivity index (χ2n) is 6.61. The molecule has 2 fully saturated rings. The zero-order chi connectivity index (χ0) is 13.2. The highest BCUT2D eigenvalue weighted by Crippen LogP contribution is 2.48. The molecule has 106 valence electrons. The average molecular weight is 261 g/mol. The van der Waals surface area contributed by atoms with Gasteiger partial charge in [0.25, 0.3) is 0 Å². The number of nitrogens with one attached hydrogen (secondary N) is 1. The van der Waals surface area contributed by atoms with Gasteiger partial charge in [0.05, 0.1) is 6.20 Å². The van der Waals surface area contributed by atoms with Crippen LogP contribution in [0.2, 0.25) is 0 Å². The highest BCUT2D eigenvalue weighted by atomic mass is 15.3. The molecule has 0 amide bonds. The molecular weight excluding hydrogens is 234 g/mol. The van der Waals surface area contributed by atoms with Crippen LogP contribution in [-0.2, 0) is 6.54 Å². The van der Waals surface area contributed by atoms with Crippen molar-refractivity contribution in [1.29, 1.82) is 0 Å². The number of hydrogen-bond donors (Lipinski definition) is 1. The first-order valence-corrected chi connectivity index (χ1v) is 8.02. The van der Waals surface area contributed by atoms with Crippen molar-refractivity contribution in [2.24, 2.45) is 17.8 Å². The molecule has 0 aliphatic heterocycles. The van der Waals surface area contributed by atoms with E-state index in [0.29, 0.717) is 6.04 Å². The molecule has 0 aromatic carbocycles. The molecule has 1 N–H and O–H groups in total. The normalized spacial score (nSPS) is 30.9. The molecule has 1 aromatic rings. The summed E-state index contributed by atoms with van der Waals surface area (Å²) in [6.07, 6.45) is 11.4. The van der Waals surface area contributed by atoms with E-state index < -0.39 is 0 Å². The molecule has 2 saturated carbocycles. The molecule has 2 aliphatic rings. The lowest BCUT2D eigenvalue weighted by Crippen LogP contribution is -2.19. The predicted molar refractivity (Wildman–Crippen MR) is 77.9 cm³/mol. The van der Waals surface area contributed by atoms with E-state index in [1.807, 2.05) is 6.20 Å².